The van der Waals surface area contributed by atoms with E-state index in [2.05, 4.69) is 23.5 Å². The van der Waals surface area contributed by atoms with Gasteiger partial charge in [0, 0.05) is 5.02 Å². The van der Waals surface area contributed by atoms with Crippen LogP contribution in [0.25, 0.3) is 0 Å². The molecule has 0 bridgehead atoms. The van der Waals surface area contributed by atoms with Gasteiger partial charge in [-0.15, -0.1) is 0 Å². The fourth-order valence-electron chi connectivity index (χ4n) is 2.98. The van der Waals surface area contributed by atoms with Crippen LogP contribution in [-0.4, -0.2) is 11.7 Å². The van der Waals surface area contributed by atoms with Gasteiger partial charge >= 0.3 is 0 Å². The van der Waals surface area contributed by atoms with Gasteiger partial charge in [-0.05, 0) is 48.7 Å². The summed E-state index contributed by atoms with van der Waals surface area (Å²) in [5.74, 6) is 0. The number of hydrogen-bond acceptors (Lipinski definition) is 2. The standard InChI is InChI=1S/C17H18ClNO/c1-17(20,13-6-4-7-14(18)11-13)16-15-8-3-2-5-12(15)9-10-19-16/h2-8,11,16,19-20H,9-10H2,1H3. The van der Waals surface area contributed by atoms with E-state index in [9.17, 15) is 5.11 Å². The maximum absolute atomic E-state index is 11.1. The highest BCUT2D eigenvalue weighted by molar-refractivity contribution is 6.30. The molecule has 0 aromatic heterocycles. The largest absolute Gasteiger partial charge is 0.383 e. The molecule has 2 unspecified atom stereocenters. The van der Waals surface area contributed by atoms with Crippen molar-refractivity contribution in [2.75, 3.05) is 6.54 Å². The van der Waals surface area contributed by atoms with Gasteiger partial charge in [-0.1, -0.05) is 48.0 Å². The maximum atomic E-state index is 11.1. The molecule has 0 saturated heterocycles. The zero-order valence-electron chi connectivity index (χ0n) is 11.4. The smallest absolute Gasteiger partial charge is 0.106 e. The van der Waals surface area contributed by atoms with Crippen LogP contribution in [0.2, 0.25) is 5.02 Å². The van der Waals surface area contributed by atoms with Crippen molar-refractivity contribution in [3.05, 3.63) is 70.2 Å². The summed E-state index contributed by atoms with van der Waals surface area (Å²) >= 11 is 6.06. The highest BCUT2D eigenvalue weighted by atomic mass is 35.5. The second kappa shape index (κ2) is 5.21. The van der Waals surface area contributed by atoms with Crippen molar-refractivity contribution in [2.24, 2.45) is 0 Å². The Balaban J connectivity index is 2.04. The van der Waals surface area contributed by atoms with Gasteiger partial charge in [0.2, 0.25) is 0 Å². The fourth-order valence-corrected chi connectivity index (χ4v) is 3.17. The number of benzene rings is 2. The lowest BCUT2D eigenvalue weighted by Crippen LogP contribution is -2.43. The van der Waals surface area contributed by atoms with Crippen LogP contribution in [0.1, 0.15) is 29.7 Å². The Morgan fingerprint density at radius 1 is 1.20 bits per heavy atom. The van der Waals surface area contributed by atoms with Crippen molar-refractivity contribution in [1.82, 2.24) is 5.32 Å². The highest BCUT2D eigenvalue weighted by Crippen LogP contribution is 2.38. The Morgan fingerprint density at radius 2 is 2.00 bits per heavy atom. The first kappa shape index (κ1) is 13.6. The third kappa shape index (κ3) is 2.35. The normalized spacial score (nSPS) is 21.1. The molecule has 0 radical (unpaired) electrons. The molecule has 1 aliphatic heterocycles. The molecule has 3 heteroatoms. The average molecular weight is 288 g/mol. The van der Waals surface area contributed by atoms with Crippen molar-refractivity contribution < 1.29 is 5.11 Å². The van der Waals surface area contributed by atoms with Crippen molar-refractivity contribution in [3.63, 3.8) is 0 Å². The first-order chi connectivity index (χ1) is 9.59. The molecule has 104 valence electrons. The van der Waals surface area contributed by atoms with Gasteiger partial charge in [0.25, 0.3) is 0 Å². The Bertz CT molecular complexity index is 624. The fraction of sp³-hybridized carbons (Fsp3) is 0.294. The molecule has 0 spiro atoms. The van der Waals surface area contributed by atoms with Crippen LogP contribution in [0.15, 0.2) is 48.5 Å². The van der Waals surface area contributed by atoms with E-state index in [1.165, 1.54) is 11.1 Å². The Morgan fingerprint density at radius 3 is 2.80 bits per heavy atom. The second-order valence-corrected chi connectivity index (χ2v) is 5.93. The molecule has 0 fully saturated rings. The Hall–Kier alpha value is -1.35. The molecule has 1 heterocycles. The molecule has 2 atom stereocenters. The van der Waals surface area contributed by atoms with Crippen LogP contribution in [0.4, 0.5) is 0 Å². The van der Waals surface area contributed by atoms with E-state index >= 15 is 0 Å². The summed E-state index contributed by atoms with van der Waals surface area (Å²) in [7, 11) is 0. The van der Waals surface area contributed by atoms with E-state index < -0.39 is 5.60 Å². The third-order valence-electron chi connectivity index (χ3n) is 4.08. The summed E-state index contributed by atoms with van der Waals surface area (Å²) in [6, 6.07) is 15.6. The van der Waals surface area contributed by atoms with Crippen LogP contribution < -0.4 is 5.32 Å². The Labute approximate surface area is 124 Å². The van der Waals surface area contributed by atoms with Gasteiger partial charge in [-0.2, -0.15) is 0 Å². The van der Waals surface area contributed by atoms with E-state index in [4.69, 9.17) is 11.6 Å². The Kier molecular flexibility index (Phi) is 3.55. The van der Waals surface area contributed by atoms with Gasteiger partial charge in [-0.3, -0.25) is 0 Å². The highest BCUT2D eigenvalue weighted by Gasteiger charge is 2.37. The summed E-state index contributed by atoms with van der Waals surface area (Å²) in [6.45, 7) is 2.72. The summed E-state index contributed by atoms with van der Waals surface area (Å²) in [5.41, 5.74) is 2.31. The van der Waals surface area contributed by atoms with Crippen LogP contribution in [0.5, 0.6) is 0 Å². The summed E-state index contributed by atoms with van der Waals surface area (Å²) in [5, 5.41) is 15.1. The van der Waals surface area contributed by atoms with Crippen LogP contribution >= 0.6 is 11.6 Å². The first-order valence-corrected chi connectivity index (χ1v) is 7.26. The SMILES string of the molecule is CC(O)(c1cccc(Cl)c1)C1NCCc2ccccc21. The topological polar surface area (TPSA) is 32.3 Å². The number of nitrogens with one attached hydrogen (secondary N) is 1. The van der Waals surface area contributed by atoms with Crippen molar-refractivity contribution in [1.29, 1.82) is 0 Å². The predicted octanol–water partition coefficient (Wildman–Crippen LogP) is 3.43. The lowest BCUT2D eigenvalue weighted by molar-refractivity contribution is 0.0118. The maximum Gasteiger partial charge on any atom is 0.106 e. The van der Waals surface area contributed by atoms with Crippen LogP contribution in [0, 0.1) is 0 Å². The molecule has 0 amide bonds. The van der Waals surface area contributed by atoms with Crippen LogP contribution in [-0.2, 0) is 12.0 Å². The summed E-state index contributed by atoms with van der Waals surface area (Å²) < 4.78 is 0. The van der Waals surface area contributed by atoms with Crippen molar-refractivity contribution in [2.45, 2.75) is 25.0 Å². The zero-order chi connectivity index (χ0) is 14.2. The number of hydrogen-bond donors (Lipinski definition) is 2. The van der Waals surface area contributed by atoms with Crippen molar-refractivity contribution in [3.8, 4) is 0 Å². The molecular weight excluding hydrogens is 270 g/mol. The van der Waals surface area contributed by atoms with E-state index in [1.807, 2.05) is 37.3 Å². The predicted molar refractivity (Wildman–Crippen MR) is 81.9 cm³/mol. The van der Waals surface area contributed by atoms with E-state index in [-0.39, 0.29) is 6.04 Å². The molecule has 2 aromatic carbocycles. The lowest BCUT2D eigenvalue weighted by Gasteiger charge is -2.38. The lowest BCUT2D eigenvalue weighted by atomic mass is 9.80. The van der Waals surface area contributed by atoms with E-state index in [0.29, 0.717) is 5.02 Å². The van der Waals surface area contributed by atoms with Gasteiger partial charge in [0.05, 0.1) is 6.04 Å². The minimum absolute atomic E-state index is 0.120. The van der Waals surface area contributed by atoms with E-state index in [1.54, 1.807) is 0 Å². The van der Waals surface area contributed by atoms with Gasteiger partial charge in [0.15, 0.2) is 0 Å². The van der Waals surface area contributed by atoms with Gasteiger partial charge in [0.1, 0.15) is 5.60 Å². The molecule has 2 nitrogen and oxygen atoms in total. The monoisotopic (exact) mass is 287 g/mol. The number of halogens is 1. The summed E-state index contributed by atoms with van der Waals surface area (Å²) in [4.78, 5) is 0. The second-order valence-electron chi connectivity index (χ2n) is 5.49. The number of aliphatic hydroxyl groups is 1. The molecular formula is C17H18ClNO. The average Bonchev–Trinajstić information content (AvgIpc) is 2.46. The molecule has 0 aliphatic carbocycles. The molecule has 3 rings (SSSR count). The van der Waals surface area contributed by atoms with Gasteiger partial charge in [-0.25, -0.2) is 0 Å². The molecule has 20 heavy (non-hydrogen) atoms. The molecule has 0 saturated carbocycles. The number of rotatable bonds is 2. The summed E-state index contributed by atoms with van der Waals surface area (Å²) in [6.07, 6.45) is 0.998. The van der Waals surface area contributed by atoms with Crippen LogP contribution in [0.3, 0.4) is 0 Å². The third-order valence-corrected chi connectivity index (χ3v) is 4.32. The van der Waals surface area contributed by atoms with Crippen molar-refractivity contribution >= 4 is 11.6 Å². The zero-order valence-corrected chi connectivity index (χ0v) is 12.2. The molecule has 2 aromatic rings. The minimum atomic E-state index is -0.999. The first-order valence-electron chi connectivity index (χ1n) is 6.88. The number of fused-ring (bicyclic) bond motifs is 1. The minimum Gasteiger partial charge on any atom is -0.383 e. The molecule has 2 N–H and O–H groups in total. The molecule has 1 aliphatic rings. The van der Waals surface area contributed by atoms with E-state index in [0.717, 1.165) is 18.5 Å². The van der Waals surface area contributed by atoms with Gasteiger partial charge < -0.3 is 10.4 Å². The quantitative estimate of drug-likeness (QED) is 0.887.